The Morgan fingerprint density at radius 2 is 1.75 bits per heavy atom. The van der Waals surface area contributed by atoms with Crippen molar-refractivity contribution in [1.82, 2.24) is 10.3 Å². The van der Waals surface area contributed by atoms with Crippen LogP contribution in [0.1, 0.15) is 117 Å². The number of thioether (sulfide) groups is 1. The average molecular weight is 985 g/mol. The molecular weight excluding hydrogens is 918 g/mol. The fourth-order valence-electron chi connectivity index (χ4n) is 11.4. The predicted molar refractivity (Wildman–Crippen MR) is 257 cm³/mol. The SMILES string of the molecule is Cc1ncsc1C(=O)O[C@]1(C(=O)SCF)[C@H](C)C[C@H]2[C@@H]3C[C@H](F)C4=CC(=O)C=C[C@]4(C)[C@@]3(F)[C@@H](O)C[C@@]21C.OCc1cc(C(O)CNCCCCCCOCCCCc2ccccc2)ccc1O. The third-order valence-corrected chi connectivity index (χ3v) is 16.7. The van der Waals surface area contributed by atoms with Gasteiger partial charge >= 0.3 is 5.97 Å². The number of hydrogen-bond acceptors (Lipinski definition) is 13. The van der Waals surface area contributed by atoms with Crippen LogP contribution in [0.15, 0.2) is 77.8 Å². The highest BCUT2D eigenvalue weighted by Crippen LogP contribution is 2.72. The van der Waals surface area contributed by atoms with Crippen molar-refractivity contribution in [3.05, 3.63) is 105 Å². The summed E-state index contributed by atoms with van der Waals surface area (Å²) in [4.78, 5) is 43.3. The molecule has 0 aliphatic heterocycles. The Morgan fingerprint density at radius 3 is 2.44 bits per heavy atom. The number of allylic oxidation sites excluding steroid dienone is 4. The molecule has 3 saturated carbocycles. The zero-order chi connectivity index (χ0) is 49.3. The number of ketones is 1. The molecule has 1 heterocycles. The number of rotatable bonds is 20. The van der Waals surface area contributed by atoms with Crippen molar-refractivity contribution in [3.8, 4) is 5.75 Å². The first kappa shape index (κ1) is 53.5. The molecule has 7 rings (SSSR count). The number of carbonyl (C=O) groups excluding carboxylic acids is 3. The first-order valence-electron chi connectivity index (χ1n) is 23.7. The molecule has 4 aliphatic carbocycles. The lowest BCUT2D eigenvalue weighted by atomic mass is 9.44. The molecule has 5 N–H and O–H groups in total. The summed E-state index contributed by atoms with van der Waals surface area (Å²) in [6.07, 6.45) is 7.21. The van der Waals surface area contributed by atoms with Gasteiger partial charge in [-0.2, -0.15) is 0 Å². The molecule has 3 aromatic rings. The number of aromatic nitrogens is 1. The summed E-state index contributed by atoms with van der Waals surface area (Å²) in [5.41, 5.74) is -2.69. The monoisotopic (exact) mass is 984 g/mol. The summed E-state index contributed by atoms with van der Waals surface area (Å²) in [6.45, 7) is 9.25. The van der Waals surface area contributed by atoms with E-state index in [4.69, 9.17) is 9.47 Å². The zero-order valence-electron chi connectivity index (χ0n) is 39.4. The van der Waals surface area contributed by atoms with Gasteiger partial charge in [-0.3, -0.25) is 9.59 Å². The number of hydrogen-bond donors (Lipinski definition) is 5. The molecular formula is C52H67F3N2O9S2. The van der Waals surface area contributed by atoms with Crippen LogP contribution in [0.4, 0.5) is 13.2 Å². The number of phenols is 1. The van der Waals surface area contributed by atoms with Crippen LogP contribution in [-0.4, -0.2) is 98.1 Å². The second-order valence-electron chi connectivity index (χ2n) is 19.2. The van der Waals surface area contributed by atoms with Crippen LogP contribution in [0.25, 0.3) is 0 Å². The molecule has 1 unspecified atom stereocenters. The number of alkyl halides is 3. The minimum atomic E-state index is -2.34. The maximum Gasteiger partial charge on any atom is 0.351 e. The van der Waals surface area contributed by atoms with Gasteiger partial charge in [-0.05, 0) is 130 Å². The van der Waals surface area contributed by atoms with Crippen molar-refractivity contribution in [2.75, 3.05) is 32.3 Å². The summed E-state index contributed by atoms with van der Waals surface area (Å²) in [7, 11) is 0. The summed E-state index contributed by atoms with van der Waals surface area (Å²) in [6, 6.07) is 14.4. The number of nitrogens with zero attached hydrogens (tertiary/aromatic N) is 1. The van der Waals surface area contributed by atoms with E-state index >= 15 is 8.78 Å². The number of unbranched alkanes of at least 4 members (excludes halogenated alkanes) is 4. The standard InChI is InChI=1S/C27H30F3NO5S2.C25H37NO4/c1-13-7-16-17-9-19(29)18-8-15(32)5-6-24(18,3)26(17,30)20(33)10-25(16,4)27(13,23(35)37-11-28)36-22(34)21-14(2)31-12-38-21;27-20-23-18-22(13-14-24(23)28)25(29)19-26-15-7-1-2-8-16-30-17-9-6-12-21-10-4-3-5-11-21/h5-6,8,12-13,16-17,19-20,33H,7,9-11H2,1-4H3;3-5,10-11,13-14,18,25-29H,1-2,6-9,12,15-17,19-20H2/t13-,16+,17+,19+,20+,24+,25+,26+,27+;/m1./s1. The van der Waals surface area contributed by atoms with Gasteiger partial charge in [0.1, 0.15) is 22.8 Å². The minimum Gasteiger partial charge on any atom is -0.508 e. The van der Waals surface area contributed by atoms with E-state index in [0.29, 0.717) is 35.1 Å². The molecule has 3 fully saturated rings. The molecule has 0 radical (unpaired) electrons. The normalized spacial score (nSPS) is 29.8. The maximum atomic E-state index is 17.4. The summed E-state index contributed by atoms with van der Waals surface area (Å²) in [5.74, 6) is -3.57. The molecule has 10 atom stereocenters. The molecule has 2 aromatic carbocycles. The molecule has 4 aliphatic rings. The first-order valence-corrected chi connectivity index (χ1v) is 25.6. The van der Waals surface area contributed by atoms with Gasteiger partial charge < -0.3 is 35.2 Å². The van der Waals surface area contributed by atoms with Crippen molar-refractivity contribution in [1.29, 1.82) is 0 Å². The summed E-state index contributed by atoms with van der Waals surface area (Å²) < 4.78 is 58.4. The van der Waals surface area contributed by atoms with E-state index < -0.39 is 81.1 Å². The third-order valence-electron chi connectivity index (χ3n) is 15.1. The Kier molecular flexibility index (Phi) is 18.3. The zero-order valence-corrected chi connectivity index (χ0v) is 41.1. The lowest BCUT2D eigenvalue weighted by Gasteiger charge is -2.63. The Morgan fingerprint density at radius 1 is 1.03 bits per heavy atom. The van der Waals surface area contributed by atoms with Crippen molar-refractivity contribution >= 4 is 40.0 Å². The first-order chi connectivity index (χ1) is 32.5. The van der Waals surface area contributed by atoms with E-state index in [1.807, 2.05) is 0 Å². The van der Waals surface area contributed by atoms with E-state index in [2.05, 4.69) is 40.6 Å². The Bertz CT molecular complexity index is 2260. The van der Waals surface area contributed by atoms with E-state index in [0.717, 1.165) is 75.7 Å². The Hall–Kier alpha value is -3.90. The largest absolute Gasteiger partial charge is 0.508 e. The molecule has 16 heteroatoms. The quantitative estimate of drug-likeness (QED) is 0.0537. The molecule has 68 heavy (non-hydrogen) atoms. The second kappa shape index (κ2) is 23.3. The van der Waals surface area contributed by atoms with Crippen molar-refractivity contribution in [2.45, 2.75) is 128 Å². The smallest absolute Gasteiger partial charge is 0.351 e. The Labute approximate surface area is 406 Å². The van der Waals surface area contributed by atoms with Crippen LogP contribution in [0.2, 0.25) is 0 Å². The van der Waals surface area contributed by atoms with Crippen molar-refractivity contribution in [2.24, 2.45) is 28.6 Å². The number of aromatic hydroxyl groups is 1. The number of carbonyl (C=O) groups is 3. The molecule has 0 saturated heterocycles. The topological polar surface area (TPSA) is 176 Å². The van der Waals surface area contributed by atoms with Gasteiger partial charge in [0.15, 0.2) is 17.1 Å². The van der Waals surface area contributed by atoms with Gasteiger partial charge in [0.2, 0.25) is 5.12 Å². The van der Waals surface area contributed by atoms with Crippen LogP contribution in [0, 0.1) is 35.5 Å². The van der Waals surface area contributed by atoms with Gasteiger partial charge in [0, 0.05) is 48.0 Å². The molecule has 0 bridgehead atoms. The van der Waals surface area contributed by atoms with E-state index in [-0.39, 0.29) is 42.1 Å². The van der Waals surface area contributed by atoms with E-state index in [9.17, 15) is 39.2 Å². The Balaban J connectivity index is 0.000000231. The average Bonchev–Trinajstić information content (AvgIpc) is 3.85. The number of nitrogens with one attached hydrogen (secondary N) is 1. The number of aliphatic hydroxyl groups is 3. The summed E-state index contributed by atoms with van der Waals surface area (Å²) in [5, 5.41) is 43.1. The lowest BCUT2D eigenvalue weighted by Crippen LogP contribution is -2.70. The predicted octanol–water partition coefficient (Wildman–Crippen LogP) is 9.21. The molecule has 1 aromatic heterocycles. The van der Waals surface area contributed by atoms with Gasteiger partial charge in [-0.15, -0.1) is 11.3 Å². The fraction of sp³-hybridized carbons (Fsp3) is 0.577. The number of ether oxygens (including phenoxy) is 2. The van der Waals surface area contributed by atoms with Crippen LogP contribution < -0.4 is 5.32 Å². The fourth-order valence-corrected chi connectivity index (χ4v) is 12.9. The van der Waals surface area contributed by atoms with Gasteiger partial charge in [-0.1, -0.05) is 69.2 Å². The number of aryl methyl sites for hydroxylation is 2. The highest BCUT2D eigenvalue weighted by Gasteiger charge is 2.78. The van der Waals surface area contributed by atoms with E-state index in [1.165, 1.54) is 42.6 Å². The number of aliphatic hydroxyl groups excluding tert-OH is 3. The molecule has 0 amide bonds. The molecule has 372 valence electrons. The number of fused-ring (bicyclic) bond motifs is 5. The van der Waals surface area contributed by atoms with Gasteiger partial charge in [0.25, 0.3) is 0 Å². The highest BCUT2D eigenvalue weighted by molar-refractivity contribution is 8.13. The lowest BCUT2D eigenvalue weighted by molar-refractivity contribution is -0.221. The second-order valence-corrected chi connectivity index (χ2v) is 20.9. The molecule has 0 spiro atoms. The minimum absolute atomic E-state index is 0.000119. The van der Waals surface area contributed by atoms with Crippen molar-refractivity contribution in [3.63, 3.8) is 0 Å². The third kappa shape index (κ3) is 10.9. The van der Waals surface area contributed by atoms with Gasteiger partial charge in [0.05, 0.1) is 30.0 Å². The number of thiazole rings is 1. The molecule has 11 nitrogen and oxygen atoms in total. The van der Waals surface area contributed by atoms with Crippen LogP contribution in [-0.2, 0) is 32.1 Å². The van der Waals surface area contributed by atoms with Crippen LogP contribution in [0.5, 0.6) is 5.75 Å². The number of esters is 1. The maximum absolute atomic E-state index is 17.4. The number of benzene rings is 2. The summed E-state index contributed by atoms with van der Waals surface area (Å²) >= 11 is 1.42. The van der Waals surface area contributed by atoms with Gasteiger partial charge in [-0.25, -0.2) is 22.9 Å². The van der Waals surface area contributed by atoms with Crippen LogP contribution in [0.3, 0.4) is 0 Å². The van der Waals surface area contributed by atoms with Crippen LogP contribution >= 0.6 is 23.1 Å². The highest BCUT2D eigenvalue weighted by atomic mass is 32.2. The van der Waals surface area contributed by atoms with E-state index in [1.54, 1.807) is 32.9 Å². The number of halogens is 3. The van der Waals surface area contributed by atoms with Crippen molar-refractivity contribution < 1.29 is 57.5 Å².